The zero-order valence-corrected chi connectivity index (χ0v) is 15.1. The third-order valence-corrected chi connectivity index (χ3v) is 4.94. The predicted molar refractivity (Wildman–Crippen MR) is 94.0 cm³/mol. The predicted octanol–water partition coefficient (Wildman–Crippen LogP) is 2.29. The molecule has 0 saturated heterocycles. The fraction of sp³-hybridized carbons (Fsp3) is 0.474. The molecule has 0 unspecified atom stereocenters. The Hall–Kier alpha value is -2.54. The van der Waals surface area contributed by atoms with Crippen molar-refractivity contribution in [3.8, 4) is 11.5 Å². The van der Waals surface area contributed by atoms with E-state index in [4.69, 9.17) is 14.2 Å². The Morgan fingerprint density at radius 1 is 1.31 bits per heavy atom. The molecule has 7 heteroatoms. The van der Waals surface area contributed by atoms with E-state index in [9.17, 15) is 4.79 Å². The lowest BCUT2D eigenvalue weighted by atomic mass is 10.1. The molecule has 2 aromatic rings. The lowest BCUT2D eigenvalue weighted by Crippen LogP contribution is -2.42. The number of fused-ring (bicyclic) bond motifs is 2. The second-order valence-corrected chi connectivity index (χ2v) is 6.52. The molecule has 0 N–H and O–H groups in total. The van der Waals surface area contributed by atoms with Gasteiger partial charge in [-0.2, -0.15) is 0 Å². The molecule has 2 aliphatic rings. The van der Waals surface area contributed by atoms with Gasteiger partial charge in [0.15, 0.2) is 11.5 Å². The van der Waals surface area contributed by atoms with E-state index in [0.29, 0.717) is 31.9 Å². The van der Waals surface area contributed by atoms with E-state index in [1.807, 2.05) is 43.1 Å². The lowest BCUT2D eigenvalue weighted by molar-refractivity contribution is -0.133. The van der Waals surface area contributed by atoms with Gasteiger partial charge in [0.05, 0.1) is 31.0 Å². The Balaban J connectivity index is 1.46. The molecule has 1 amide bonds. The highest BCUT2D eigenvalue weighted by molar-refractivity contribution is 5.79. The largest absolute Gasteiger partial charge is 0.454 e. The molecule has 138 valence electrons. The van der Waals surface area contributed by atoms with Gasteiger partial charge in [-0.1, -0.05) is 6.07 Å². The van der Waals surface area contributed by atoms with Crippen LogP contribution in [0.5, 0.6) is 11.5 Å². The number of ether oxygens (including phenoxy) is 3. The third kappa shape index (κ3) is 3.03. The van der Waals surface area contributed by atoms with Crippen LogP contribution in [-0.2, 0) is 29.1 Å². The van der Waals surface area contributed by atoms with Gasteiger partial charge in [0.1, 0.15) is 5.82 Å². The number of amides is 1. The number of nitrogens with zero attached hydrogens (tertiary/aromatic N) is 3. The Bertz CT molecular complexity index is 817. The van der Waals surface area contributed by atoms with Gasteiger partial charge < -0.3 is 23.7 Å². The van der Waals surface area contributed by atoms with E-state index in [0.717, 1.165) is 29.4 Å². The van der Waals surface area contributed by atoms with Gasteiger partial charge in [-0.15, -0.1) is 0 Å². The normalized spacial score (nSPS) is 18.1. The third-order valence-electron chi connectivity index (χ3n) is 4.94. The number of hydrogen-bond acceptors (Lipinski definition) is 5. The van der Waals surface area contributed by atoms with Crippen LogP contribution in [0.15, 0.2) is 24.4 Å². The molecule has 0 spiro atoms. The molecule has 0 saturated carbocycles. The monoisotopic (exact) mass is 357 g/mol. The summed E-state index contributed by atoms with van der Waals surface area (Å²) in [5.41, 5.74) is 1.99. The van der Waals surface area contributed by atoms with Crippen LogP contribution in [0.25, 0.3) is 0 Å². The zero-order chi connectivity index (χ0) is 18.1. The van der Waals surface area contributed by atoms with E-state index in [-0.39, 0.29) is 18.7 Å². The van der Waals surface area contributed by atoms with Gasteiger partial charge in [-0.25, -0.2) is 4.98 Å². The molecule has 1 aromatic heterocycles. The van der Waals surface area contributed by atoms with Crippen molar-refractivity contribution in [2.75, 3.05) is 19.9 Å². The van der Waals surface area contributed by atoms with Gasteiger partial charge >= 0.3 is 0 Å². The molecule has 1 atom stereocenters. The molecule has 4 rings (SSSR count). The van der Waals surface area contributed by atoms with Crippen molar-refractivity contribution in [1.82, 2.24) is 14.5 Å². The number of carbonyl (C=O) groups excluding carboxylic acids is 1. The first-order valence-corrected chi connectivity index (χ1v) is 8.97. The molecular formula is C19H23N3O4. The highest BCUT2D eigenvalue weighted by Gasteiger charge is 2.30. The van der Waals surface area contributed by atoms with Crippen molar-refractivity contribution < 1.29 is 19.0 Å². The highest BCUT2D eigenvalue weighted by Crippen LogP contribution is 2.33. The minimum atomic E-state index is -0.0550. The maximum Gasteiger partial charge on any atom is 0.231 e. The van der Waals surface area contributed by atoms with Gasteiger partial charge in [0.25, 0.3) is 0 Å². The summed E-state index contributed by atoms with van der Waals surface area (Å²) < 4.78 is 18.4. The molecule has 2 aliphatic heterocycles. The summed E-state index contributed by atoms with van der Waals surface area (Å²) in [6, 6.07) is 5.61. The first kappa shape index (κ1) is 16.9. The second kappa shape index (κ2) is 6.99. The van der Waals surface area contributed by atoms with Gasteiger partial charge in [-0.3, -0.25) is 4.79 Å². The lowest BCUT2D eigenvalue weighted by Gasteiger charge is -2.34. The molecule has 0 radical (unpaired) electrons. The summed E-state index contributed by atoms with van der Waals surface area (Å²) in [4.78, 5) is 19.3. The number of benzene rings is 1. The fourth-order valence-corrected chi connectivity index (χ4v) is 3.55. The minimum absolute atomic E-state index is 0.0550. The van der Waals surface area contributed by atoms with Crippen LogP contribution in [0, 0.1) is 0 Å². The second-order valence-electron chi connectivity index (χ2n) is 6.52. The molecule has 0 bridgehead atoms. The highest BCUT2D eigenvalue weighted by atomic mass is 16.7. The molecule has 7 nitrogen and oxygen atoms in total. The molecule has 1 aromatic carbocycles. The average Bonchev–Trinajstić information content (AvgIpc) is 3.26. The molecule has 0 fully saturated rings. The number of carbonyl (C=O) groups is 1. The Kier molecular flexibility index (Phi) is 4.55. The smallest absolute Gasteiger partial charge is 0.231 e. The number of hydrogen-bond donors (Lipinski definition) is 0. The summed E-state index contributed by atoms with van der Waals surface area (Å²) in [6.45, 7) is 6.90. The van der Waals surface area contributed by atoms with Crippen molar-refractivity contribution in [3.63, 3.8) is 0 Å². The van der Waals surface area contributed by atoms with Crippen molar-refractivity contribution in [1.29, 1.82) is 0 Å². The average molecular weight is 357 g/mol. The van der Waals surface area contributed by atoms with E-state index in [1.165, 1.54) is 0 Å². The van der Waals surface area contributed by atoms with Crippen LogP contribution in [-0.4, -0.2) is 40.3 Å². The van der Waals surface area contributed by atoms with Crippen LogP contribution in [0.1, 0.15) is 37.0 Å². The Labute approximate surface area is 152 Å². The summed E-state index contributed by atoms with van der Waals surface area (Å²) >= 11 is 0. The molecule has 26 heavy (non-hydrogen) atoms. The topological polar surface area (TPSA) is 65.8 Å². The SMILES string of the molecule is CCOCc1cnc2n1CCN(C(=O)Cc1ccc3c(c1)OCO3)[C@@H]2C. The van der Waals surface area contributed by atoms with Crippen molar-refractivity contribution >= 4 is 5.91 Å². The zero-order valence-electron chi connectivity index (χ0n) is 15.1. The fourth-order valence-electron chi connectivity index (χ4n) is 3.55. The van der Waals surface area contributed by atoms with Crippen LogP contribution in [0.2, 0.25) is 0 Å². The maximum atomic E-state index is 12.9. The van der Waals surface area contributed by atoms with Gasteiger partial charge in [-0.05, 0) is 31.5 Å². The molecule has 3 heterocycles. The minimum Gasteiger partial charge on any atom is -0.454 e. The molecule has 0 aliphatic carbocycles. The number of imidazole rings is 1. The molecular weight excluding hydrogens is 334 g/mol. The summed E-state index contributed by atoms with van der Waals surface area (Å²) in [6.07, 6.45) is 2.20. The van der Waals surface area contributed by atoms with Gasteiger partial charge in [0, 0.05) is 19.7 Å². The van der Waals surface area contributed by atoms with E-state index in [1.54, 1.807) is 0 Å². The van der Waals surface area contributed by atoms with Crippen LogP contribution in [0.3, 0.4) is 0 Å². The van der Waals surface area contributed by atoms with Crippen LogP contribution >= 0.6 is 0 Å². The van der Waals surface area contributed by atoms with E-state index < -0.39 is 0 Å². The Morgan fingerprint density at radius 3 is 3.00 bits per heavy atom. The van der Waals surface area contributed by atoms with Gasteiger partial charge in [0.2, 0.25) is 12.7 Å². The van der Waals surface area contributed by atoms with Crippen molar-refractivity contribution in [2.24, 2.45) is 0 Å². The number of rotatable bonds is 5. The maximum absolute atomic E-state index is 12.9. The van der Waals surface area contributed by atoms with E-state index >= 15 is 0 Å². The van der Waals surface area contributed by atoms with Crippen LogP contribution in [0.4, 0.5) is 0 Å². The van der Waals surface area contributed by atoms with Crippen LogP contribution < -0.4 is 9.47 Å². The Morgan fingerprint density at radius 2 is 2.15 bits per heavy atom. The standard InChI is InChI=1S/C19H23N3O4/c1-3-24-11-15-10-20-19-13(2)21(6-7-22(15)19)18(23)9-14-4-5-16-17(8-14)26-12-25-16/h4-5,8,10,13H,3,6-7,9,11-12H2,1-2H3/t13-/m1/s1. The quantitative estimate of drug-likeness (QED) is 0.821. The first-order valence-electron chi connectivity index (χ1n) is 8.97. The summed E-state index contributed by atoms with van der Waals surface area (Å²) in [5.74, 6) is 2.46. The van der Waals surface area contributed by atoms with Crippen molar-refractivity contribution in [3.05, 3.63) is 41.5 Å². The summed E-state index contributed by atoms with van der Waals surface area (Å²) in [5, 5.41) is 0. The first-order chi connectivity index (χ1) is 12.7. The van der Waals surface area contributed by atoms with E-state index in [2.05, 4.69) is 9.55 Å². The number of aromatic nitrogens is 2. The van der Waals surface area contributed by atoms with Crippen molar-refractivity contribution in [2.45, 2.75) is 39.5 Å². The summed E-state index contributed by atoms with van der Waals surface area (Å²) in [7, 11) is 0.